The summed E-state index contributed by atoms with van der Waals surface area (Å²) in [5, 5.41) is 16.6. The number of amides is 1. The van der Waals surface area contributed by atoms with E-state index in [1.165, 1.54) is 0 Å². The number of aliphatic hydroxyl groups is 1. The largest absolute Gasteiger partial charge is 0.390 e. The van der Waals surface area contributed by atoms with Gasteiger partial charge in [0.25, 0.3) is 0 Å². The van der Waals surface area contributed by atoms with E-state index in [0.717, 1.165) is 26.1 Å². The minimum Gasteiger partial charge on any atom is -0.390 e. The number of likely N-dealkylation sites (tertiary alicyclic amines) is 1. The fourth-order valence-electron chi connectivity index (χ4n) is 2.03. The number of aromatic nitrogens is 3. The zero-order valence-electron chi connectivity index (χ0n) is 9.33. The quantitative estimate of drug-likeness (QED) is 0.761. The van der Waals surface area contributed by atoms with Gasteiger partial charge in [-0.15, -0.1) is 5.10 Å². The number of nitrogens with zero attached hydrogens (tertiary/aromatic N) is 4. The number of hydrogen-bond acceptors (Lipinski definition) is 4. The van der Waals surface area contributed by atoms with Gasteiger partial charge in [-0.1, -0.05) is 5.21 Å². The summed E-state index contributed by atoms with van der Waals surface area (Å²) in [5.41, 5.74) is 0.585. The Morgan fingerprint density at radius 2 is 2.50 bits per heavy atom. The molecule has 0 saturated carbocycles. The highest BCUT2D eigenvalue weighted by molar-refractivity contribution is 5.73. The summed E-state index contributed by atoms with van der Waals surface area (Å²) in [6, 6.07) is 0. The molecule has 6 nitrogen and oxygen atoms in total. The fraction of sp³-hybridized carbons (Fsp3) is 0.700. The third-order valence-electron chi connectivity index (χ3n) is 2.92. The van der Waals surface area contributed by atoms with Crippen LogP contribution in [0.15, 0.2) is 6.20 Å². The van der Waals surface area contributed by atoms with Gasteiger partial charge in [0.05, 0.1) is 12.8 Å². The molecule has 88 valence electrons. The lowest BCUT2D eigenvalue weighted by Crippen LogP contribution is -2.26. The van der Waals surface area contributed by atoms with E-state index in [1.54, 1.807) is 17.8 Å². The summed E-state index contributed by atoms with van der Waals surface area (Å²) in [7, 11) is 0. The van der Waals surface area contributed by atoms with Crippen molar-refractivity contribution in [3.63, 3.8) is 0 Å². The highest BCUT2D eigenvalue weighted by atomic mass is 16.3. The zero-order valence-corrected chi connectivity index (χ0v) is 9.33. The van der Waals surface area contributed by atoms with Gasteiger partial charge < -0.3 is 10.0 Å². The smallest absolute Gasteiger partial charge is 0.219 e. The molecule has 0 aromatic carbocycles. The second kappa shape index (κ2) is 4.61. The van der Waals surface area contributed by atoms with Crippen molar-refractivity contribution in [2.45, 2.75) is 26.5 Å². The van der Waals surface area contributed by atoms with E-state index in [1.807, 2.05) is 4.90 Å². The third kappa shape index (κ3) is 2.38. The maximum Gasteiger partial charge on any atom is 0.219 e. The van der Waals surface area contributed by atoms with Crippen molar-refractivity contribution in [3.8, 4) is 0 Å². The molecule has 6 heteroatoms. The van der Waals surface area contributed by atoms with E-state index in [0.29, 0.717) is 11.6 Å². The average Bonchev–Trinajstić information content (AvgIpc) is 2.87. The van der Waals surface area contributed by atoms with Crippen LogP contribution < -0.4 is 0 Å². The minimum atomic E-state index is -0.0791. The van der Waals surface area contributed by atoms with Crippen molar-refractivity contribution in [2.75, 3.05) is 13.1 Å². The second-order valence-electron chi connectivity index (χ2n) is 4.21. The Kier molecular flexibility index (Phi) is 3.19. The minimum absolute atomic E-state index is 0.0791. The molecule has 16 heavy (non-hydrogen) atoms. The molecule has 1 aromatic rings. The Bertz CT molecular complexity index is 377. The first-order valence-corrected chi connectivity index (χ1v) is 5.44. The monoisotopic (exact) mass is 224 g/mol. The van der Waals surface area contributed by atoms with Gasteiger partial charge in [0.15, 0.2) is 0 Å². The molecule has 1 atom stereocenters. The van der Waals surface area contributed by atoms with E-state index in [9.17, 15) is 4.79 Å². The first-order valence-electron chi connectivity index (χ1n) is 5.44. The summed E-state index contributed by atoms with van der Waals surface area (Å²) in [6.45, 7) is 3.91. The Hall–Kier alpha value is -1.43. The number of carbonyl (C=O) groups excluding carboxylic acids is 1. The third-order valence-corrected chi connectivity index (χ3v) is 2.92. The van der Waals surface area contributed by atoms with Crippen molar-refractivity contribution in [2.24, 2.45) is 5.92 Å². The Morgan fingerprint density at radius 3 is 3.06 bits per heavy atom. The lowest BCUT2D eigenvalue weighted by molar-refractivity contribution is -0.127. The summed E-state index contributed by atoms with van der Waals surface area (Å²) < 4.78 is 1.74. The topological polar surface area (TPSA) is 71.2 Å². The molecule has 0 bridgehead atoms. The van der Waals surface area contributed by atoms with Crippen molar-refractivity contribution in [1.29, 1.82) is 0 Å². The SMILES string of the molecule is CC(=O)N1CCC(Cn2cc(CO)nn2)C1. The van der Waals surface area contributed by atoms with Gasteiger partial charge in [0.2, 0.25) is 5.91 Å². The first kappa shape index (κ1) is 11.1. The molecular weight excluding hydrogens is 208 g/mol. The summed E-state index contributed by atoms with van der Waals surface area (Å²) in [6.07, 6.45) is 2.75. The van der Waals surface area contributed by atoms with E-state index >= 15 is 0 Å². The van der Waals surface area contributed by atoms with Gasteiger partial charge in [-0.2, -0.15) is 0 Å². The highest BCUT2D eigenvalue weighted by Gasteiger charge is 2.24. The molecule has 1 unspecified atom stereocenters. The van der Waals surface area contributed by atoms with Crippen LogP contribution in [-0.4, -0.2) is 44.0 Å². The van der Waals surface area contributed by atoms with Crippen LogP contribution in [0, 0.1) is 5.92 Å². The van der Waals surface area contributed by atoms with Crippen LogP contribution in [0.5, 0.6) is 0 Å². The Balaban J connectivity index is 1.89. The van der Waals surface area contributed by atoms with Crippen LogP contribution in [0.1, 0.15) is 19.0 Å². The molecule has 0 aliphatic carbocycles. The predicted octanol–water partition coefficient (Wildman–Crippen LogP) is -0.361. The van der Waals surface area contributed by atoms with Gasteiger partial charge in [-0.3, -0.25) is 9.48 Å². The van der Waals surface area contributed by atoms with Gasteiger partial charge in [0, 0.05) is 26.6 Å². The molecule has 0 spiro atoms. The van der Waals surface area contributed by atoms with Crippen LogP contribution in [0.25, 0.3) is 0 Å². The maximum atomic E-state index is 11.2. The summed E-state index contributed by atoms with van der Waals surface area (Å²) >= 11 is 0. The van der Waals surface area contributed by atoms with Gasteiger partial charge in [0.1, 0.15) is 5.69 Å². The summed E-state index contributed by atoms with van der Waals surface area (Å²) in [4.78, 5) is 13.0. The van der Waals surface area contributed by atoms with E-state index in [-0.39, 0.29) is 12.5 Å². The van der Waals surface area contributed by atoms with Crippen molar-refractivity contribution >= 4 is 5.91 Å². The van der Waals surface area contributed by atoms with Gasteiger partial charge in [-0.25, -0.2) is 0 Å². The Morgan fingerprint density at radius 1 is 1.69 bits per heavy atom. The fourth-order valence-corrected chi connectivity index (χ4v) is 2.03. The second-order valence-corrected chi connectivity index (χ2v) is 4.21. The molecule has 0 radical (unpaired) electrons. The zero-order chi connectivity index (χ0) is 11.5. The van der Waals surface area contributed by atoms with Crippen LogP contribution in [0.4, 0.5) is 0 Å². The van der Waals surface area contributed by atoms with Crippen LogP contribution >= 0.6 is 0 Å². The molecule has 1 aromatic heterocycles. The average molecular weight is 224 g/mol. The maximum absolute atomic E-state index is 11.2. The molecule has 1 amide bonds. The standard InChI is InChI=1S/C10H16N4O2/c1-8(16)13-3-2-9(4-13)5-14-6-10(7-15)11-12-14/h6,9,15H,2-5,7H2,1H3. The van der Waals surface area contributed by atoms with E-state index < -0.39 is 0 Å². The molecule has 1 N–H and O–H groups in total. The first-order chi connectivity index (χ1) is 7.69. The number of hydrogen-bond donors (Lipinski definition) is 1. The Labute approximate surface area is 93.9 Å². The van der Waals surface area contributed by atoms with E-state index in [2.05, 4.69) is 10.3 Å². The molecule has 1 saturated heterocycles. The number of aliphatic hydroxyl groups excluding tert-OH is 1. The molecular formula is C10H16N4O2. The van der Waals surface area contributed by atoms with Crippen molar-refractivity contribution < 1.29 is 9.90 Å². The lowest BCUT2D eigenvalue weighted by Gasteiger charge is -2.13. The van der Waals surface area contributed by atoms with Crippen LogP contribution in [0.2, 0.25) is 0 Å². The normalized spacial score (nSPS) is 20.4. The number of carbonyl (C=O) groups is 1. The predicted molar refractivity (Wildman–Crippen MR) is 56.3 cm³/mol. The van der Waals surface area contributed by atoms with Crippen LogP contribution in [-0.2, 0) is 17.9 Å². The highest BCUT2D eigenvalue weighted by Crippen LogP contribution is 2.17. The molecule has 1 aliphatic heterocycles. The molecule has 2 heterocycles. The van der Waals surface area contributed by atoms with Gasteiger partial charge in [-0.05, 0) is 12.3 Å². The van der Waals surface area contributed by atoms with E-state index in [4.69, 9.17) is 5.11 Å². The molecule has 1 aliphatic rings. The number of rotatable bonds is 3. The molecule has 1 fully saturated rings. The van der Waals surface area contributed by atoms with Gasteiger partial charge >= 0.3 is 0 Å². The lowest BCUT2D eigenvalue weighted by atomic mass is 10.1. The molecule has 2 rings (SSSR count). The van der Waals surface area contributed by atoms with Crippen molar-refractivity contribution in [3.05, 3.63) is 11.9 Å². The summed E-state index contributed by atoms with van der Waals surface area (Å²) in [5.74, 6) is 0.578. The van der Waals surface area contributed by atoms with Crippen molar-refractivity contribution in [1.82, 2.24) is 19.9 Å². The van der Waals surface area contributed by atoms with Crippen LogP contribution in [0.3, 0.4) is 0 Å².